The molecule has 0 aliphatic carbocycles. The van der Waals surface area contributed by atoms with Gasteiger partial charge in [-0.05, 0) is 31.9 Å². The summed E-state index contributed by atoms with van der Waals surface area (Å²) >= 11 is 0. The van der Waals surface area contributed by atoms with E-state index in [1.807, 2.05) is 14.0 Å². The number of hydrogen-bond acceptors (Lipinski definition) is 5. The Labute approximate surface area is 142 Å². The highest BCUT2D eigenvalue weighted by atomic mass is 35.5. The van der Waals surface area contributed by atoms with E-state index in [9.17, 15) is 18.5 Å². The number of benzene rings is 1. The van der Waals surface area contributed by atoms with Crippen LogP contribution in [-0.2, 0) is 16.4 Å². The summed E-state index contributed by atoms with van der Waals surface area (Å²) in [5, 5.41) is 14.1. The molecule has 23 heavy (non-hydrogen) atoms. The first kappa shape index (κ1) is 19.8. The number of nitro benzene ring substituents is 1. The highest BCUT2D eigenvalue weighted by Gasteiger charge is 2.31. The fraction of sp³-hybridized carbons (Fsp3) is 0.571. The van der Waals surface area contributed by atoms with E-state index >= 15 is 0 Å². The van der Waals surface area contributed by atoms with Crippen molar-refractivity contribution >= 4 is 28.1 Å². The second-order valence-electron chi connectivity index (χ2n) is 5.37. The zero-order valence-electron chi connectivity index (χ0n) is 13.2. The zero-order chi connectivity index (χ0) is 16.3. The Balaban J connectivity index is 0.00000264. The van der Waals surface area contributed by atoms with Gasteiger partial charge in [-0.3, -0.25) is 10.1 Å². The van der Waals surface area contributed by atoms with Crippen LogP contribution in [0.5, 0.6) is 0 Å². The lowest BCUT2D eigenvalue weighted by atomic mass is 10.1. The molecule has 0 bridgehead atoms. The van der Waals surface area contributed by atoms with Gasteiger partial charge in [-0.25, -0.2) is 8.42 Å². The lowest BCUT2D eigenvalue weighted by Gasteiger charge is -2.31. The molecule has 2 rings (SSSR count). The van der Waals surface area contributed by atoms with E-state index in [0.717, 1.165) is 12.8 Å². The van der Waals surface area contributed by atoms with Crippen molar-refractivity contribution in [3.63, 3.8) is 0 Å². The normalized spacial score (nSPS) is 16.8. The Morgan fingerprint density at radius 2 is 1.96 bits per heavy atom. The number of halogens is 1. The van der Waals surface area contributed by atoms with Gasteiger partial charge in [-0.1, -0.05) is 13.0 Å². The van der Waals surface area contributed by atoms with Crippen LogP contribution in [0.25, 0.3) is 0 Å². The molecule has 1 saturated heterocycles. The van der Waals surface area contributed by atoms with Gasteiger partial charge in [0.15, 0.2) is 0 Å². The van der Waals surface area contributed by atoms with E-state index in [1.54, 1.807) is 0 Å². The number of nitro groups is 1. The molecular formula is C14H22ClN3O4S. The smallest absolute Gasteiger partial charge is 0.270 e. The van der Waals surface area contributed by atoms with Crippen molar-refractivity contribution in [2.24, 2.45) is 0 Å². The molecule has 0 amide bonds. The van der Waals surface area contributed by atoms with Crippen molar-refractivity contribution in [1.29, 1.82) is 0 Å². The highest BCUT2D eigenvalue weighted by Crippen LogP contribution is 2.27. The van der Waals surface area contributed by atoms with Crippen molar-refractivity contribution in [3.05, 3.63) is 33.9 Å². The molecular weight excluding hydrogens is 342 g/mol. The molecule has 0 unspecified atom stereocenters. The maximum absolute atomic E-state index is 12.8. The Bertz CT molecular complexity index is 658. The number of piperidine rings is 1. The maximum atomic E-state index is 12.8. The van der Waals surface area contributed by atoms with Crippen LogP contribution in [0, 0.1) is 10.1 Å². The third kappa shape index (κ3) is 4.20. The van der Waals surface area contributed by atoms with Crippen molar-refractivity contribution in [2.45, 2.75) is 37.1 Å². The van der Waals surface area contributed by atoms with E-state index in [2.05, 4.69) is 5.32 Å². The van der Waals surface area contributed by atoms with E-state index in [0.29, 0.717) is 31.1 Å². The van der Waals surface area contributed by atoms with Gasteiger partial charge in [-0.15, -0.1) is 12.4 Å². The summed E-state index contributed by atoms with van der Waals surface area (Å²) < 4.78 is 27.1. The Morgan fingerprint density at radius 1 is 1.35 bits per heavy atom. The number of hydrogen-bond donors (Lipinski definition) is 1. The van der Waals surface area contributed by atoms with Gasteiger partial charge in [-0.2, -0.15) is 4.31 Å². The molecule has 0 atom stereocenters. The SMILES string of the molecule is CCc1ccc([N+](=O)[O-])cc1S(=O)(=O)N1CCC(NC)CC1.Cl. The van der Waals surface area contributed by atoms with Crippen LogP contribution in [0.1, 0.15) is 25.3 Å². The van der Waals surface area contributed by atoms with Crippen LogP contribution < -0.4 is 5.32 Å². The molecule has 1 fully saturated rings. The predicted molar refractivity (Wildman–Crippen MR) is 90.6 cm³/mol. The molecule has 130 valence electrons. The molecule has 1 aliphatic rings. The number of sulfonamides is 1. The van der Waals surface area contributed by atoms with E-state index in [4.69, 9.17) is 0 Å². The van der Waals surface area contributed by atoms with Crippen LogP contribution in [0.3, 0.4) is 0 Å². The van der Waals surface area contributed by atoms with Crippen LogP contribution >= 0.6 is 12.4 Å². The largest absolute Gasteiger partial charge is 0.317 e. The van der Waals surface area contributed by atoms with Gasteiger partial charge in [0.25, 0.3) is 5.69 Å². The number of nitrogens with zero attached hydrogens (tertiary/aromatic N) is 2. The topological polar surface area (TPSA) is 92.5 Å². The molecule has 9 heteroatoms. The Hall–Kier alpha value is -1.22. The van der Waals surface area contributed by atoms with Crippen LogP contribution in [0.4, 0.5) is 5.69 Å². The Morgan fingerprint density at radius 3 is 2.43 bits per heavy atom. The average Bonchev–Trinajstić information content (AvgIpc) is 2.54. The lowest BCUT2D eigenvalue weighted by molar-refractivity contribution is -0.385. The predicted octanol–water partition coefficient (Wildman–Crippen LogP) is 1.95. The summed E-state index contributed by atoms with van der Waals surface area (Å²) in [6, 6.07) is 4.39. The fourth-order valence-electron chi connectivity index (χ4n) is 2.71. The third-order valence-corrected chi connectivity index (χ3v) is 6.10. The van der Waals surface area contributed by atoms with Gasteiger partial charge >= 0.3 is 0 Å². The molecule has 0 saturated carbocycles. The quantitative estimate of drug-likeness (QED) is 0.637. The summed E-state index contributed by atoms with van der Waals surface area (Å²) in [5.74, 6) is 0. The van der Waals surface area contributed by atoms with Crippen molar-refractivity contribution in [2.75, 3.05) is 20.1 Å². The van der Waals surface area contributed by atoms with Crippen LogP contribution in [-0.4, -0.2) is 43.8 Å². The van der Waals surface area contributed by atoms with Gasteiger partial charge < -0.3 is 5.32 Å². The zero-order valence-corrected chi connectivity index (χ0v) is 14.8. The fourth-order valence-corrected chi connectivity index (χ4v) is 4.50. The molecule has 1 N–H and O–H groups in total. The lowest BCUT2D eigenvalue weighted by Crippen LogP contribution is -2.44. The summed E-state index contributed by atoms with van der Waals surface area (Å²) in [6.07, 6.45) is 2.00. The number of aryl methyl sites for hydroxylation is 1. The minimum Gasteiger partial charge on any atom is -0.317 e. The minimum absolute atomic E-state index is 0. The van der Waals surface area contributed by atoms with Crippen molar-refractivity contribution in [1.82, 2.24) is 9.62 Å². The highest BCUT2D eigenvalue weighted by molar-refractivity contribution is 7.89. The standard InChI is InChI=1S/C14H21N3O4S.ClH/c1-3-11-4-5-13(17(18)19)10-14(11)22(20,21)16-8-6-12(15-2)7-9-16;/h4-5,10,12,15H,3,6-9H2,1-2H3;1H. The van der Waals surface area contributed by atoms with E-state index in [-0.39, 0.29) is 23.0 Å². The van der Waals surface area contributed by atoms with Gasteiger partial charge in [0, 0.05) is 31.3 Å². The number of nitrogens with one attached hydrogen (secondary N) is 1. The summed E-state index contributed by atoms with van der Waals surface area (Å²) in [6.45, 7) is 2.70. The molecule has 0 aromatic heterocycles. The van der Waals surface area contributed by atoms with Gasteiger partial charge in [0.1, 0.15) is 0 Å². The summed E-state index contributed by atoms with van der Waals surface area (Å²) in [4.78, 5) is 10.4. The molecule has 1 aromatic rings. The van der Waals surface area contributed by atoms with Crippen molar-refractivity contribution in [3.8, 4) is 0 Å². The second kappa shape index (κ2) is 8.05. The molecule has 0 spiro atoms. The molecule has 7 nitrogen and oxygen atoms in total. The number of rotatable bonds is 5. The first-order chi connectivity index (χ1) is 10.4. The minimum atomic E-state index is -3.69. The van der Waals surface area contributed by atoms with E-state index in [1.165, 1.54) is 22.5 Å². The number of non-ortho nitro benzene ring substituents is 1. The monoisotopic (exact) mass is 363 g/mol. The Kier molecular flexibility index (Phi) is 6.94. The third-order valence-electron chi connectivity index (χ3n) is 4.12. The summed E-state index contributed by atoms with van der Waals surface area (Å²) in [5.41, 5.74) is 0.419. The average molecular weight is 364 g/mol. The molecule has 1 aromatic carbocycles. The van der Waals surface area contributed by atoms with Crippen molar-refractivity contribution < 1.29 is 13.3 Å². The van der Waals surface area contributed by atoms with Crippen LogP contribution in [0.15, 0.2) is 23.1 Å². The molecule has 0 radical (unpaired) electrons. The van der Waals surface area contributed by atoms with E-state index < -0.39 is 14.9 Å². The van der Waals surface area contributed by atoms with Crippen LogP contribution in [0.2, 0.25) is 0 Å². The molecule has 1 heterocycles. The first-order valence-electron chi connectivity index (χ1n) is 7.35. The maximum Gasteiger partial charge on any atom is 0.270 e. The first-order valence-corrected chi connectivity index (χ1v) is 8.79. The summed E-state index contributed by atoms with van der Waals surface area (Å²) in [7, 11) is -1.83. The molecule has 1 aliphatic heterocycles. The second-order valence-corrected chi connectivity index (χ2v) is 7.28. The van der Waals surface area contributed by atoms with Gasteiger partial charge in [0.2, 0.25) is 10.0 Å². The van der Waals surface area contributed by atoms with Gasteiger partial charge in [0.05, 0.1) is 9.82 Å².